The molecule has 1 N–H and O–H groups in total. The maximum atomic E-state index is 12.5. The lowest BCUT2D eigenvalue weighted by atomic mass is 9.94. The van der Waals surface area contributed by atoms with Crippen LogP contribution in [0.1, 0.15) is 18.5 Å². The molecule has 3 heterocycles. The molecular formula is C14H18N4O2S. The Bertz CT molecular complexity index is 670. The fourth-order valence-corrected chi connectivity index (χ4v) is 4.22. The van der Waals surface area contributed by atoms with Gasteiger partial charge in [0.2, 0.25) is 10.0 Å². The van der Waals surface area contributed by atoms with E-state index in [1.54, 1.807) is 10.5 Å². The van der Waals surface area contributed by atoms with E-state index in [1.807, 2.05) is 18.2 Å². The molecule has 1 atom stereocenters. The van der Waals surface area contributed by atoms with E-state index in [0.717, 1.165) is 25.0 Å². The topological polar surface area (TPSA) is 79.0 Å². The molecule has 7 heteroatoms. The van der Waals surface area contributed by atoms with Gasteiger partial charge in [-0.1, -0.05) is 6.07 Å². The zero-order valence-corrected chi connectivity index (χ0v) is 12.5. The smallest absolute Gasteiger partial charge is 0.246 e. The maximum Gasteiger partial charge on any atom is 0.246 e. The molecule has 0 radical (unpaired) electrons. The summed E-state index contributed by atoms with van der Waals surface area (Å²) in [6.45, 7) is 1.12. The summed E-state index contributed by atoms with van der Waals surface area (Å²) in [6.07, 6.45) is 7.30. The third-order valence-corrected chi connectivity index (χ3v) is 5.65. The normalized spacial score (nSPS) is 20.5. The van der Waals surface area contributed by atoms with Crippen molar-refractivity contribution in [1.82, 2.24) is 19.5 Å². The summed E-state index contributed by atoms with van der Waals surface area (Å²) in [5.41, 5.74) is 1.02. The molecule has 2 aromatic heterocycles. The van der Waals surface area contributed by atoms with Crippen LogP contribution in [0, 0.1) is 5.92 Å². The van der Waals surface area contributed by atoms with Crippen LogP contribution in [-0.2, 0) is 16.4 Å². The Balaban J connectivity index is 1.71. The molecule has 0 spiro atoms. The molecule has 2 aromatic rings. The average molecular weight is 306 g/mol. The Hall–Kier alpha value is -1.73. The lowest BCUT2D eigenvalue weighted by Crippen LogP contribution is -2.40. The summed E-state index contributed by atoms with van der Waals surface area (Å²) in [4.78, 5) is 4.56. The third-order valence-electron chi connectivity index (χ3n) is 3.82. The second-order valence-corrected chi connectivity index (χ2v) is 7.27. The predicted octanol–water partition coefficient (Wildman–Crippen LogP) is 1.45. The molecule has 112 valence electrons. The quantitative estimate of drug-likeness (QED) is 0.927. The molecule has 3 rings (SSSR count). The van der Waals surface area contributed by atoms with Crippen LogP contribution in [0.2, 0.25) is 0 Å². The van der Waals surface area contributed by atoms with Crippen LogP contribution in [0.5, 0.6) is 0 Å². The number of pyridine rings is 1. The van der Waals surface area contributed by atoms with Crippen molar-refractivity contribution >= 4 is 10.0 Å². The molecule has 21 heavy (non-hydrogen) atoms. The van der Waals surface area contributed by atoms with Crippen molar-refractivity contribution in [3.63, 3.8) is 0 Å². The highest BCUT2D eigenvalue weighted by Gasteiger charge is 2.30. The SMILES string of the molecule is O=S(=O)(c1cn[nH]c1)N1CCCC(Cc2ccccn2)C1. The van der Waals surface area contributed by atoms with Crippen molar-refractivity contribution in [2.75, 3.05) is 13.1 Å². The number of piperidine rings is 1. The van der Waals surface area contributed by atoms with Crippen LogP contribution in [0.4, 0.5) is 0 Å². The van der Waals surface area contributed by atoms with E-state index in [4.69, 9.17) is 0 Å². The highest BCUT2D eigenvalue weighted by molar-refractivity contribution is 7.89. The van der Waals surface area contributed by atoms with E-state index in [-0.39, 0.29) is 4.90 Å². The van der Waals surface area contributed by atoms with Crippen molar-refractivity contribution in [3.8, 4) is 0 Å². The van der Waals surface area contributed by atoms with Gasteiger partial charge in [0, 0.05) is 31.2 Å². The number of nitrogens with zero attached hydrogens (tertiary/aromatic N) is 3. The predicted molar refractivity (Wildman–Crippen MR) is 78.0 cm³/mol. The van der Waals surface area contributed by atoms with Crippen molar-refractivity contribution in [2.45, 2.75) is 24.2 Å². The minimum atomic E-state index is -3.42. The van der Waals surface area contributed by atoms with Gasteiger partial charge in [0.15, 0.2) is 0 Å². The van der Waals surface area contributed by atoms with E-state index >= 15 is 0 Å². The number of aromatic amines is 1. The first-order chi connectivity index (χ1) is 10.2. The number of hydrogen-bond acceptors (Lipinski definition) is 4. The second-order valence-electron chi connectivity index (χ2n) is 5.33. The summed E-state index contributed by atoms with van der Waals surface area (Å²) in [5, 5.41) is 6.29. The fourth-order valence-electron chi connectivity index (χ4n) is 2.76. The number of aromatic nitrogens is 3. The first-order valence-electron chi connectivity index (χ1n) is 7.05. The van der Waals surface area contributed by atoms with Crippen molar-refractivity contribution in [3.05, 3.63) is 42.5 Å². The molecule has 0 amide bonds. The Kier molecular flexibility index (Phi) is 4.03. The largest absolute Gasteiger partial charge is 0.284 e. The molecule has 0 aliphatic carbocycles. The highest BCUT2D eigenvalue weighted by atomic mass is 32.2. The van der Waals surface area contributed by atoms with Gasteiger partial charge in [-0.2, -0.15) is 9.40 Å². The molecule has 0 saturated carbocycles. The molecule has 1 unspecified atom stereocenters. The average Bonchev–Trinajstić information content (AvgIpc) is 3.04. The monoisotopic (exact) mass is 306 g/mol. The summed E-state index contributed by atoms with van der Waals surface area (Å²) >= 11 is 0. The standard InChI is InChI=1S/C14H18N4O2S/c19-21(20,14-9-16-17-10-14)18-7-3-4-12(11-18)8-13-5-1-2-6-15-13/h1-2,5-6,9-10,12H,3-4,7-8,11H2,(H,16,17). The fraction of sp³-hybridized carbons (Fsp3) is 0.429. The molecule has 1 saturated heterocycles. The van der Waals surface area contributed by atoms with Crippen molar-refractivity contribution in [1.29, 1.82) is 0 Å². The van der Waals surface area contributed by atoms with Crippen molar-refractivity contribution < 1.29 is 8.42 Å². The summed E-state index contributed by atoms with van der Waals surface area (Å²) in [6, 6.07) is 5.84. The number of rotatable bonds is 4. The van der Waals surface area contributed by atoms with Gasteiger partial charge in [-0.15, -0.1) is 0 Å². The van der Waals surface area contributed by atoms with Crippen LogP contribution < -0.4 is 0 Å². The molecule has 0 bridgehead atoms. The molecular weight excluding hydrogens is 288 g/mol. The number of H-pyrrole nitrogens is 1. The van der Waals surface area contributed by atoms with Gasteiger partial charge in [0.25, 0.3) is 0 Å². The van der Waals surface area contributed by atoms with E-state index in [9.17, 15) is 8.42 Å². The van der Waals surface area contributed by atoms with Crippen LogP contribution in [0.3, 0.4) is 0 Å². The van der Waals surface area contributed by atoms with Crippen LogP contribution in [0.15, 0.2) is 41.7 Å². The van der Waals surface area contributed by atoms with E-state index < -0.39 is 10.0 Å². The van der Waals surface area contributed by atoms with Gasteiger partial charge < -0.3 is 0 Å². The first kappa shape index (κ1) is 14.2. The molecule has 1 aliphatic heterocycles. The van der Waals surface area contributed by atoms with Gasteiger partial charge in [0.05, 0.1) is 6.20 Å². The van der Waals surface area contributed by atoms with Crippen LogP contribution in [-0.4, -0.2) is 41.0 Å². The van der Waals surface area contributed by atoms with Gasteiger partial charge in [0.1, 0.15) is 4.90 Å². The molecule has 1 fully saturated rings. The third kappa shape index (κ3) is 3.14. The van der Waals surface area contributed by atoms with E-state index in [0.29, 0.717) is 19.0 Å². The second kappa shape index (κ2) is 5.95. The lowest BCUT2D eigenvalue weighted by Gasteiger charge is -2.31. The number of hydrogen-bond donors (Lipinski definition) is 1. The molecule has 6 nitrogen and oxygen atoms in total. The van der Waals surface area contributed by atoms with Gasteiger partial charge in [-0.3, -0.25) is 10.1 Å². The summed E-state index contributed by atoms with van der Waals surface area (Å²) in [7, 11) is -3.42. The molecule has 1 aliphatic rings. The highest BCUT2D eigenvalue weighted by Crippen LogP contribution is 2.25. The Morgan fingerprint density at radius 1 is 1.38 bits per heavy atom. The number of sulfonamides is 1. The summed E-state index contributed by atoms with van der Waals surface area (Å²) in [5.74, 6) is 0.315. The zero-order chi connectivity index (χ0) is 14.7. The van der Waals surface area contributed by atoms with Gasteiger partial charge in [-0.05, 0) is 37.3 Å². The van der Waals surface area contributed by atoms with Gasteiger partial charge >= 0.3 is 0 Å². The zero-order valence-electron chi connectivity index (χ0n) is 11.6. The minimum Gasteiger partial charge on any atom is -0.284 e. The Morgan fingerprint density at radius 3 is 3.00 bits per heavy atom. The van der Waals surface area contributed by atoms with E-state index in [1.165, 1.54) is 12.4 Å². The summed E-state index contributed by atoms with van der Waals surface area (Å²) < 4.78 is 26.6. The minimum absolute atomic E-state index is 0.237. The van der Waals surface area contributed by atoms with Crippen LogP contribution in [0.25, 0.3) is 0 Å². The van der Waals surface area contributed by atoms with Gasteiger partial charge in [-0.25, -0.2) is 8.42 Å². The molecule has 0 aromatic carbocycles. The van der Waals surface area contributed by atoms with Crippen LogP contribution >= 0.6 is 0 Å². The Labute approximate surface area is 124 Å². The number of nitrogens with one attached hydrogen (secondary N) is 1. The van der Waals surface area contributed by atoms with Crippen molar-refractivity contribution in [2.24, 2.45) is 5.92 Å². The lowest BCUT2D eigenvalue weighted by molar-refractivity contribution is 0.264. The Morgan fingerprint density at radius 2 is 2.29 bits per heavy atom. The maximum absolute atomic E-state index is 12.5. The first-order valence-corrected chi connectivity index (χ1v) is 8.49. The van der Waals surface area contributed by atoms with E-state index in [2.05, 4.69) is 15.2 Å².